The highest BCUT2D eigenvalue weighted by molar-refractivity contribution is 7.90. The number of nitrogen functional groups attached to an aromatic ring is 1. The number of hydrogen-bond acceptors (Lipinski definition) is 4. The van der Waals surface area contributed by atoms with E-state index >= 15 is 0 Å². The van der Waals surface area contributed by atoms with E-state index in [4.69, 9.17) is 5.73 Å². The molecule has 18 heavy (non-hydrogen) atoms. The average Bonchev–Trinajstić information content (AvgIpc) is 2.27. The average molecular weight is 268 g/mol. The minimum Gasteiger partial charge on any atom is -0.398 e. The molecule has 1 aromatic rings. The Balaban J connectivity index is 2.34. The first-order chi connectivity index (χ1) is 8.39. The zero-order valence-corrected chi connectivity index (χ0v) is 11.7. The SMILES string of the molecule is C[C@@H]1CCCCN1c1ccc(S(C)(=O)=O)c(N)c1. The summed E-state index contributed by atoms with van der Waals surface area (Å²) in [6, 6.07) is 5.73. The Morgan fingerprint density at radius 1 is 1.33 bits per heavy atom. The van der Waals surface area contributed by atoms with Crippen molar-refractivity contribution in [3.05, 3.63) is 18.2 Å². The van der Waals surface area contributed by atoms with Crippen LogP contribution in [0.4, 0.5) is 11.4 Å². The molecule has 1 aliphatic heterocycles. The smallest absolute Gasteiger partial charge is 0.177 e. The summed E-state index contributed by atoms with van der Waals surface area (Å²) in [5, 5.41) is 0. The van der Waals surface area contributed by atoms with Crippen LogP contribution in [0.3, 0.4) is 0 Å². The minimum absolute atomic E-state index is 0.218. The number of anilines is 2. The molecule has 0 amide bonds. The van der Waals surface area contributed by atoms with Crippen molar-refractivity contribution >= 4 is 21.2 Å². The summed E-state index contributed by atoms with van der Waals surface area (Å²) < 4.78 is 23.0. The molecule has 1 saturated heterocycles. The van der Waals surface area contributed by atoms with Crippen LogP contribution in [0.1, 0.15) is 26.2 Å². The number of nitrogens with zero attached hydrogens (tertiary/aromatic N) is 1. The van der Waals surface area contributed by atoms with E-state index in [1.54, 1.807) is 12.1 Å². The number of nitrogens with two attached hydrogens (primary N) is 1. The molecule has 0 bridgehead atoms. The number of rotatable bonds is 2. The fraction of sp³-hybridized carbons (Fsp3) is 0.538. The van der Waals surface area contributed by atoms with Crippen molar-refractivity contribution in [2.75, 3.05) is 23.4 Å². The third-order valence-corrected chi connectivity index (χ3v) is 4.70. The lowest BCUT2D eigenvalue weighted by Gasteiger charge is -2.35. The van der Waals surface area contributed by atoms with Crippen molar-refractivity contribution in [3.63, 3.8) is 0 Å². The van der Waals surface area contributed by atoms with Crippen LogP contribution >= 0.6 is 0 Å². The van der Waals surface area contributed by atoms with Crippen molar-refractivity contribution < 1.29 is 8.42 Å². The number of piperidine rings is 1. The summed E-state index contributed by atoms with van der Waals surface area (Å²) in [4.78, 5) is 2.52. The van der Waals surface area contributed by atoms with Crippen LogP contribution in [-0.4, -0.2) is 27.3 Å². The molecule has 1 aromatic carbocycles. The Hall–Kier alpha value is -1.23. The maximum Gasteiger partial charge on any atom is 0.177 e. The molecule has 1 fully saturated rings. The van der Waals surface area contributed by atoms with Gasteiger partial charge in [-0.2, -0.15) is 0 Å². The Bertz CT molecular complexity index is 540. The molecule has 100 valence electrons. The van der Waals surface area contributed by atoms with E-state index in [0.29, 0.717) is 11.7 Å². The van der Waals surface area contributed by atoms with E-state index in [9.17, 15) is 8.42 Å². The van der Waals surface area contributed by atoms with Gasteiger partial charge in [0.1, 0.15) is 0 Å². The second-order valence-electron chi connectivity index (χ2n) is 5.03. The maximum atomic E-state index is 11.5. The molecule has 0 saturated carbocycles. The highest BCUT2D eigenvalue weighted by Crippen LogP contribution is 2.29. The molecule has 4 nitrogen and oxygen atoms in total. The van der Waals surface area contributed by atoms with Gasteiger partial charge in [-0.3, -0.25) is 0 Å². The molecule has 5 heteroatoms. The monoisotopic (exact) mass is 268 g/mol. The van der Waals surface area contributed by atoms with Gasteiger partial charge in [0.2, 0.25) is 0 Å². The predicted octanol–water partition coefficient (Wildman–Crippen LogP) is 2.05. The first kappa shape index (κ1) is 13.2. The van der Waals surface area contributed by atoms with Crippen LogP contribution in [0.2, 0.25) is 0 Å². The summed E-state index contributed by atoms with van der Waals surface area (Å²) in [7, 11) is -3.24. The Morgan fingerprint density at radius 3 is 2.61 bits per heavy atom. The van der Waals surface area contributed by atoms with Crippen molar-refractivity contribution in [1.29, 1.82) is 0 Å². The summed E-state index contributed by atoms with van der Waals surface area (Å²) in [6.45, 7) is 3.21. The fourth-order valence-electron chi connectivity index (χ4n) is 2.53. The number of hydrogen-bond donors (Lipinski definition) is 1. The zero-order chi connectivity index (χ0) is 13.3. The van der Waals surface area contributed by atoms with Gasteiger partial charge < -0.3 is 10.6 Å². The van der Waals surface area contributed by atoms with Crippen LogP contribution in [-0.2, 0) is 9.84 Å². The Kier molecular flexibility index (Phi) is 3.52. The summed E-state index contributed by atoms with van der Waals surface area (Å²) in [5.74, 6) is 0. The fourth-order valence-corrected chi connectivity index (χ4v) is 3.34. The highest BCUT2D eigenvalue weighted by atomic mass is 32.2. The standard InChI is InChI=1S/C13H20N2O2S/c1-10-5-3-4-8-15(10)11-6-7-13(12(14)9-11)18(2,16)17/h6-7,9-10H,3-5,8,14H2,1-2H3/t10-/m1/s1. The molecule has 0 aromatic heterocycles. The molecule has 1 heterocycles. The van der Waals surface area contributed by atoms with Gasteiger partial charge in [-0.05, 0) is 44.4 Å². The van der Waals surface area contributed by atoms with Crippen molar-refractivity contribution in [3.8, 4) is 0 Å². The molecule has 0 unspecified atom stereocenters. The van der Waals surface area contributed by atoms with E-state index in [1.807, 2.05) is 6.07 Å². The minimum atomic E-state index is -3.24. The first-order valence-electron chi connectivity index (χ1n) is 6.26. The molecule has 0 spiro atoms. The quantitative estimate of drug-likeness (QED) is 0.834. The molecule has 0 aliphatic carbocycles. The van der Waals surface area contributed by atoms with Gasteiger partial charge in [0.25, 0.3) is 0 Å². The molecular formula is C13H20N2O2S. The summed E-state index contributed by atoms with van der Waals surface area (Å²) >= 11 is 0. The lowest BCUT2D eigenvalue weighted by Crippen LogP contribution is -2.37. The van der Waals surface area contributed by atoms with Gasteiger partial charge in [0.15, 0.2) is 9.84 Å². The van der Waals surface area contributed by atoms with Crippen LogP contribution in [0.5, 0.6) is 0 Å². The summed E-state index contributed by atoms with van der Waals surface area (Å²) in [6.07, 6.45) is 4.79. The van der Waals surface area contributed by atoms with Gasteiger partial charge in [-0.1, -0.05) is 0 Å². The molecule has 1 atom stereocenters. The van der Waals surface area contributed by atoms with E-state index in [-0.39, 0.29) is 4.90 Å². The summed E-state index contributed by atoms with van der Waals surface area (Å²) in [5.41, 5.74) is 7.21. The molecule has 2 N–H and O–H groups in total. The van der Waals surface area contributed by atoms with E-state index in [2.05, 4.69) is 11.8 Å². The van der Waals surface area contributed by atoms with Gasteiger partial charge >= 0.3 is 0 Å². The largest absolute Gasteiger partial charge is 0.398 e. The second kappa shape index (κ2) is 4.80. The zero-order valence-electron chi connectivity index (χ0n) is 10.9. The van der Waals surface area contributed by atoms with Crippen LogP contribution in [0, 0.1) is 0 Å². The molecule has 0 radical (unpaired) electrons. The maximum absolute atomic E-state index is 11.5. The van der Waals surface area contributed by atoms with Crippen LogP contribution in [0.15, 0.2) is 23.1 Å². The van der Waals surface area contributed by atoms with Gasteiger partial charge in [-0.15, -0.1) is 0 Å². The lowest BCUT2D eigenvalue weighted by molar-refractivity contribution is 0.485. The van der Waals surface area contributed by atoms with Gasteiger partial charge in [-0.25, -0.2) is 8.42 Å². The third kappa shape index (κ3) is 2.61. The lowest BCUT2D eigenvalue weighted by atomic mass is 10.0. The topological polar surface area (TPSA) is 63.4 Å². The number of sulfone groups is 1. The highest BCUT2D eigenvalue weighted by Gasteiger charge is 2.20. The predicted molar refractivity (Wildman–Crippen MR) is 74.6 cm³/mol. The van der Waals surface area contributed by atoms with Crippen molar-refractivity contribution in [2.24, 2.45) is 0 Å². The van der Waals surface area contributed by atoms with Crippen molar-refractivity contribution in [1.82, 2.24) is 0 Å². The molecule has 1 aliphatic rings. The van der Waals surface area contributed by atoms with E-state index < -0.39 is 9.84 Å². The van der Waals surface area contributed by atoms with E-state index in [1.165, 1.54) is 25.5 Å². The number of benzene rings is 1. The van der Waals surface area contributed by atoms with Crippen molar-refractivity contribution in [2.45, 2.75) is 37.1 Å². The Labute approximate surface area is 109 Å². The van der Waals surface area contributed by atoms with Gasteiger partial charge in [0.05, 0.1) is 10.6 Å². The van der Waals surface area contributed by atoms with Gasteiger partial charge in [0, 0.05) is 24.5 Å². The molecular weight excluding hydrogens is 248 g/mol. The second-order valence-corrected chi connectivity index (χ2v) is 7.02. The first-order valence-corrected chi connectivity index (χ1v) is 8.15. The third-order valence-electron chi connectivity index (χ3n) is 3.53. The van der Waals surface area contributed by atoms with Crippen LogP contribution < -0.4 is 10.6 Å². The van der Waals surface area contributed by atoms with Crippen LogP contribution in [0.25, 0.3) is 0 Å². The van der Waals surface area contributed by atoms with E-state index in [0.717, 1.165) is 12.2 Å². The molecule has 2 rings (SSSR count). The normalized spacial score (nSPS) is 21.0. The Morgan fingerprint density at radius 2 is 2.06 bits per heavy atom.